The van der Waals surface area contributed by atoms with E-state index in [4.69, 9.17) is 0 Å². The van der Waals surface area contributed by atoms with Gasteiger partial charge < -0.3 is 10.2 Å². The lowest BCUT2D eigenvalue weighted by molar-refractivity contribution is 0.102. The third kappa shape index (κ3) is 4.57. The first-order valence-electron chi connectivity index (χ1n) is 9.02. The summed E-state index contributed by atoms with van der Waals surface area (Å²) in [7, 11) is 1.54. The largest absolute Gasteiger partial charge is 0.378 e. The topological polar surface area (TPSA) is 69.7 Å². The molecule has 0 spiro atoms. The van der Waals surface area contributed by atoms with Crippen LogP contribution in [0.1, 0.15) is 10.4 Å². The van der Waals surface area contributed by atoms with Crippen molar-refractivity contribution in [1.82, 2.24) is 0 Å². The van der Waals surface area contributed by atoms with Crippen molar-refractivity contribution in [3.8, 4) is 0 Å². The van der Waals surface area contributed by atoms with Crippen LogP contribution in [0.25, 0.3) is 0 Å². The van der Waals surface area contributed by atoms with Crippen LogP contribution in [0, 0.1) is 0 Å². The Morgan fingerprint density at radius 1 is 0.793 bits per heavy atom. The lowest BCUT2D eigenvalue weighted by atomic mass is 10.1. The van der Waals surface area contributed by atoms with Crippen LogP contribution in [0.5, 0.6) is 0 Å². The molecule has 6 nitrogen and oxygen atoms in total. The molecule has 0 saturated carbocycles. The molecule has 0 unspecified atom stereocenters. The van der Waals surface area contributed by atoms with Gasteiger partial charge in [0.1, 0.15) is 0 Å². The highest BCUT2D eigenvalue weighted by Gasteiger charge is 2.21. The first kappa shape index (κ1) is 20.4. The molecule has 0 heterocycles. The van der Waals surface area contributed by atoms with E-state index in [1.165, 1.54) is 23.5 Å². The molecule has 7 heteroatoms. The Morgan fingerprint density at radius 2 is 1.45 bits per heavy atom. The fourth-order valence-electron chi connectivity index (χ4n) is 2.80. The number of nitrogens with zero attached hydrogens (tertiary/aromatic N) is 2. The Labute approximate surface area is 171 Å². The number of anilines is 3. The van der Waals surface area contributed by atoms with E-state index in [1.807, 2.05) is 31.1 Å². The van der Waals surface area contributed by atoms with E-state index >= 15 is 0 Å². The molecule has 29 heavy (non-hydrogen) atoms. The minimum absolute atomic E-state index is 0.101. The van der Waals surface area contributed by atoms with Gasteiger partial charge in [0.25, 0.3) is 15.9 Å². The van der Waals surface area contributed by atoms with Gasteiger partial charge >= 0.3 is 0 Å². The SMILES string of the molecule is CN(C)c1cccc(C(=O)Nc2cccc(S(=O)(=O)N(C)c3ccccc3)c2)c1. The molecule has 0 bridgehead atoms. The number of carbonyl (C=O) groups excluding carboxylic acids is 1. The van der Waals surface area contributed by atoms with Crippen molar-refractivity contribution < 1.29 is 13.2 Å². The maximum Gasteiger partial charge on any atom is 0.264 e. The molecule has 0 radical (unpaired) electrons. The van der Waals surface area contributed by atoms with Gasteiger partial charge in [-0.3, -0.25) is 9.10 Å². The normalized spacial score (nSPS) is 11.0. The van der Waals surface area contributed by atoms with Crippen LogP contribution in [0.3, 0.4) is 0 Å². The second kappa shape index (κ2) is 8.36. The van der Waals surface area contributed by atoms with Crippen LogP contribution in [0.4, 0.5) is 17.1 Å². The monoisotopic (exact) mass is 409 g/mol. The van der Waals surface area contributed by atoms with E-state index in [0.717, 1.165) is 5.69 Å². The molecular formula is C22H23N3O3S. The van der Waals surface area contributed by atoms with Gasteiger partial charge in [-0.05, 0) is 48.5 Å². The molecule has 0 saturated heterocycles. The van der Waals surface area contributed by atoms with E-state index in [-0.39, 0.29) is 10.8 Å². The lowest BCUT2D eigenvalue weighted by Gasteiger charge is -2.20. The predicted molar refractivity (Wildman–Crippen MR) is 117 cm³/mol. The molecule has 0 aliphatic carbocycles. The molecule has 0 aromatic heterocycles. The number of rotatable bonds is 6. The second-order valence-electron chi connectivity index (χ2n) is 6.73. The van der Waals surface area contributed by atoms with E-state index in [1.54, 1.807) is 54.6 Å². The average Bonchev–Trinajstić information content (AvgIpc) is 2.74. The second-order valence-corrected chi connectivity index (χ2v) is 8.70. The van der Waals surface area contributed by atoms with Crippen molar-refractivity contribution in [3.05, 3.63) is 84.4 Å². The van der Waals surface area contributed by atoms with Crippen LogP contribution < -0.4 is 14.5 Å². The van der Waals surface area contributed by atoms with E-state index in [9.17, 15) is 13.2 Å². The number of sulfonamides is 1. The molecule has 3 aromatic carbocycles. The summed E-state index contributed by atoms with van der Waals surface area (Å²) in [5, 5.41) is 2.78. The fraction of sp³-hybridized carbons (Fsp3) is 0.136. The fourth-order valence-corrected chi connectivity index (χ4v) is 4.04. The molecule has 0 aliphatic rings. The summed E-state index contributed by atoms with van der Waals surface area (Å²) in [6.07, 6.45) is 0. The molecule has 3 aromatic rings. The Kier molecular flexibility index (Phi) is 5.89. The number of nitrogens with one attached hydrogen (secondary N) is 1. The van der Waals surface area contributed by atoms with Gasteiger partial charge in [-0.15, -0.1) is 0 Å². The molecule has 0 atom stereocenters. The molecular weight excluding hydrogens is 386 g/mol. The summed E-state index contributed by atoms with van der Waals surface area (Å²) in [4.78, 5) is 14.6. The molecule has 1 amide bonds. The maximum atomic E-state index is 13.0. The zero-order valence-corrected chi connectivity index (χ0v) is 17.3. The first-order chi connectivity index (χ1) is 13.8. The van der Waals surface area contributed by atoms with Gasteiger partial charge in [0.15, 0.2) is 0 Å². The quantitative estimate of drug-likeness (QED) is 0.672. The molecule has 0 fully saturated rings. The van der Waals surface area contributed by atoms with Gasteiger partial charge in [0, 0.05) is 38.1 Å². The summed E-state index contributed by atoms with van der Waals surface area (Å²) in [6, 6.07) is 22.3. The van der Waals surface area contributed by atoms with Crippen LogP contribution >= 0.6 is 0 Å². The van der Waals surface area contributed by atoms with Crippen molar-refractivity contribution in [3.63, 3.8) is 0 Å². The lowest BCUT2D eigenvalue weighted by Crippen LogP contribution is -2.26. The van der Waals surface area contributed by atoms with Crippen LogP contribution in [0.15, 0.2) is 83.8 Å². The van der Waals surface area contributed by atoms with E-state index < -0.39 is 10.0 Å². The number of amides is 1. The third-order valence-corrected chi connectivity index (χ3v) is 6.28. The number of hydrogen-bond donors (Lipinski definition) is 1. The number of hydrogen-bond acceptors (Lipinski definition) is 4. The summed E-state index contributed by atoms with van der Waals surface area (Å²) in [5.41, 5.74) is 2.36. The van der Waals surface area contributed by atoms with Crippen LogP contribution in [-0.2, 0) is 10.0 Å². The summed E-state index contributed by atoms with van der Waals surface area (Å²) < 4.78 is 27.2. The van der Waals surface area contributed by atoms with Crippen LogP contribution in [-0.4, -0.2) is 35.5 Å². The van der Waals surface area contributed by atoms with Gasteiger partial charge in [-0.1, -0.05) is 30.3 Å². The zero-order valence-electron chi connectivity index (χ0n) is 16.5. The Morgan fingerprint density at radius 3 is 2.14 bits per heavy atom. The van der Waals surface area contributed by atoms with E-state index in [0.29, 0.717) is 16.9 Å². The van der Waals surface area contributed by atoms with Crippen LogP contribution in [0.2, 0.25) is 0 Å². The number of carbonyl (C=O) groups is 1. The minimum Gasteiger partial charge on any atom is -0.378 e. The van der Waals surface area contributed by atoms with Crippen molar-refractivity contribution >= 4 is 33.0 Å². The molecule has 1 N–H and O–H groups in total. The Hall–Kier alpha value is -3.32. The summed E-state index contributed by atoms with van der Waals surface area (Å²) in [6.45, 7) is 0. The summed E-state index contributed by atoms with van der Waals surface area (Å²) >= 11 is 0. The standard InChI is InChI=1S/C22H23N3O3S/c1-24(2)20-13-7-9-17(15-20)22(26)23-18-10-8-14-21(16-18)29(27,28)25(3)19-11-5-4-6-12-19/h4-16H,1-3H3,(H,23,26). The Bertz CT molecular complexity index is 1110. The zero-order chi connectivity index (χ0) is 21.0. The minimum atomic E-state index is -3.76. The average molecular weight is 410 g/mol. The first-order valence-corrected chi connectivity index (χ1v) is 10.5. The molecule has 0 aliphatic heterocycles. The number of benzene rings is 3. The van der Waals surface area contributed by atoms with Crippen molar-refractivity contribution in [2.45, 2.75) is 4.90 Å². The number of para-hydroxylation sites is 1. The molecule has 150 valence electrons. The smallest absolute Gasteiger partial charge is 0.264 e. The van der Waals surface area contributed by atoms with E-state index in [2.05, 4.69) is 5.32 Å². The van der Waals surface area contributed by atoms with Crippen molar-refractivity contribution in [2.75, 3.05) is 35.7 Å². The highest BCUT2D eigenvalue weighted by molar-refractivity contribution is 7.92. The Balaban J connectivity index is 1.84. The summed E-state index contributed by atoms with van der Waals surface area (Å²) in [5.74, 6) is -0.306. The highest BCUT2D eigenvalue weighted by Crippen LogP contribution is 2.24. The van der Waals surface area contributed by atoms with Crippen molar-refractivity contribution in [1.29, 1.82) is 0 Å². The third-order valence-electron chi connectivity index (χ3n) is 4.49. The highest BCUT2D eigenvalue weighted by atomic mass is 32.2. The van der Waals surface area contributed by atoms with Gasteiger partial charge in [-0.2, -0.15) is 0 Å². The van der Waals surface area contributed by atoms with Crippen molar-refractivity contribution in [2.24, 2.45) is 0 Å². The maximum absolute atomic E-state index is 13.0. The predicted octanol–water partition coefficient (Wildman–Crippen LogP) is 3.83. The molecule has 3 rings (SSSR count). The van der Waals surface area contributed by atoms with Gasteiger partial charge in [-0.25, -0.2) is 8.42 Å². The van der Waals surface area contributed by atoms with Gasteiger partial charge in [0.05, 0.1) is 10.6 Å². The van der Waals surface area contributed by atoms with Gasteiger partial charge in [0.2, 0.25) is 0 Å².